The van der Waals surface area contributed by atoms with E-state index >= 15 is 0 Å². The fourth-order valence-corrected chi connectivity index (χ4v) is 3.23. The smallest absolute Gasteiger partial charge is 0.123 e. The lowest BCUT2D eigenvalue weighted by molar-refractivity contribution is 0.0951. The van der Waals surface area contributed by atoms with Crippen molar-refractivity contribution in [2.45, 2.75) is 6.73 Å². The lowest BCUT2D eigenvalue weighted by Crippen LogP contribution is -2.04. The topological polar surface area (TPSA) is 14.2 Å². The molecule has 0 unspecified atom stereocenters. The number of fused-ring (bicyclic) bond motifs is 3. The van der Waals surface area contributed by atoms with Gasteiger partial charge in [0.15, 0.2) is 0 Å². The summed E-state index contributed by atoms with van der Waals surface area (Å²) in [6, 6.07) is 12.6. The summed E-state index contributed by atoms with van der Waals surface area (Å²) < 4.78 is 9.94. The van der Waals surface area contributed by atoms with Gasteiger partial charge in [-0.15, -0.1) is 11.6 Å². The molecular weight excluding hydrogens is 405 g/mol. The summed E-state index contributed by atoms with van der Waals surface area (Å²) in [7, 11) is 0. The predicted molar refractivity (Wildman–Crippen MR) is 91.5 cm³/mol. The van der Waals surface area contributed by atoms with E-state index in [2.05, 4.69) is 60.7 Å². The van der Waals surface area contributed by atoms with Gasteiger partial charge in [-0.1, -0.05) is 31.9 Å². The summed E-state index contributed by atoms with van der Waals surface area (Å²) in [5, 5.41) is 2.43. The Hall–Kier alpha value is -0.550. The second kappa shape index (κ2) is 6.06. The standard InChI is InChI=1S/C15H12Br2ClNO/c16-10-1-3-14-12(7-10)13-8-11(17)2-4-15(13)19(14)9-20-6-5-18/h1-4,7-8H,5-6,9H2. The van der Waals surface area contributed by atoms with Crippen molar-refractivity contribution in [3.63, 3.8) is 0 Å². The van der Waals surface area contributed by atoms with E-state index in [4.69, 9.17) is 16.3 Å². The molecule has 0 fully saturated rings. The quantitative estimate of drug-likeness (QED) is 0.402. The Morgan fingerprint density at radius 3 is 2.00 bits per heavy atom. The van der Waals surface area contributed by atoms with Crippen LogP contribution in [0.4, 0.5) is 0 Å². The van der Waals surface area contributed by atoms with Gasteiger partial charge in [-0.05, 0) is 36.4 Å². The summed E-state index contributed by atoms with van der Waals surface area (Å²) >= 11 is 12.8. The number of nitrogens with zero attached hydrogens (tertiary/aromatic N) is 1. The van der Waals surface area contributed by atoms with Gasteiger partial charge in [-0.3, -0.25) is 0 Å². The molecule has 2 nitrogen and oxygen atoms in total. The van der Waals surface area contributed by atoms with Gasteiger partial charge in [0.25, 0.3) is 0 Å². The molecule has 0 saturated heterocycles. The zero-order valence-corrected chi connectivity index (χ0v) is 14.5. The number of alkyl halides is 1. The van der Waals surface area contributed by atoms with Gasteiger partial charge in [-0.25, -0.2) is 0 Å². The van der Waals surface area contributed by atoms with Crippen LogP contribution in [-0.4, -0.2) is 17.1 Å². The van der Waals surface area contributed by atoms with Gasteiger partial charge >= 0.3 is 0 Å². The van der Waals surface area contributed by atoms with E-state index in [1.54, 1.807) is 0 Å². The second-order valence-corrected chi connectivity index (χ2v) is 6.69. The second-order valence-electron chi connectivity index (χ2n) is 4.48. The maximum Gasteiger partial charge on any atom is 0.123 e. The first kappa shape index (κ1) is 14.4. The lowest BCUT2D eigenvalue weighted by atomic mass is 10.2. The fraction of sp³-hybridized carbons (Fsp3) is 0.200. The minimum Gasteiger partial charge on any atom is -0.360 e. The number of hydrogen-bond donors (Lipinski definition) is 0. The van der Waals surface area contributed by atoms with Gasteiger partial charge in [0.2, 0.25) is 0 Å². The maximum absolute atomic E-state index is 5.67. The molecule has 0 atom stereocenters. The molecule has 0 N–H and O–H groups in total. The van der Waals surface area contributed by atoms with E-state index in [1.165, 1.54) is 10.8 Å². The molecular formula is C15H12Br2ClNO. The number of hydrogen-bond acceptors (Lipinski definition) is 1. The third-order valence-electron chi connectivity index (χ3n) is 3.23. The molecule has 3 rings (SSSR count). The van der Waals surface area contributed by atoms with Crippen molar-refractivity contribution in [1.82, 2.24) is 4.57 Å². The highest BCUT2D eigenvalue weighted by molar-refractivity contribution is 9.10. The molecule has 2 aromatic carbocycles. The van der Waals surface area contributed by atoms with Crippen LogP contribution in [-0.2, 0) is 11.5 Å². The van der Waals surface area contributed by atoms with E-state index in [0.29, 0.717) is 19.2 Å². The van der Waals surface area contributed by atoms with Crippen LogP contribution in [0.1, 0.15) is 0 Å². The first-order valence-corrected chi connectivity index (χ1v) is 8.33. The van der Waals surface area contributed by atoms with Crippen molar-refractivity contribution in [3.8, 4) is 0 Å². The average molecular weight is 418 g/mol. The summed E-state index contributed by atoms with van der Waals surface area (Å²) in [6.45, 7) is 1.06. The van der Waals surface area contributed by atoms with E-state index in [0.717, 1.165) is 20.0 Å². The Labute approximate surface area is 138 Å². The summed E-state index contributed by atoms with van der Waals surface area (Å²) in [6.07, 6.45) is 0. The number of aromatic nitrogens is 1. The van der Waals surface area contributed by atoms with E-state index in [9.17, 15) is 0 Å². The van der Waals surface area contributed by atoms with Crippen molar-refractivity contribution >= 4 is 65.3 Å². The molecule has 0 aliphatic heterocycles. The molecule has 0 aliphatic carbocycles. The van der Waals surface area contributed by atoms with Crippen LogP contribution < -0.4 is 0 Å². The molecule has 0 spiro atoms. The van der Waals surface area contributed by atoms with Crippen LogP contribution in [0.25, 0.3) is 21.8 Å². The Kier molecular flexibility index (Phi) is 4.36. The van der Waals surface area contributed by atoms with E-state index in [-0.39, 0.29) is 0 Å². The summed E-state index contributed by atoms with van der Waals surface area (Å²) in [5.74, 6) is 0.508. The molecule has 0 aliphatic rings. The van der Waals surface area contributed by atoms with Crippen LogP contribution in [0.5, 0.6) is 0 Å². The molecule has 5 heteroatoms. The highest BCUT2D eigenvalue weighted by Gasteiger charge is 2.11. The zero-order valence-electron chi connectivity index (χ0n) is 10.6. The first-order valence-electron chi connectivity index (χ1n) is 6.21. The lowest BCUT2D eigenvalue weighted by Gasteiger charge is -2.07. The normalized spacial score (nSPS) is 11.6. The molecule has 3 aromatic rings. The zero-order chi connectivity index (χ0) is 14.1. The Morgan fingerprint density at radius 2 is 1.50 bits per heavy atom. The van der Waals surface area contributed by atoms with Crippen LogP contribution in [0.2, 0.25) is 0 Å². The van der Waals surface area contributed by atoms with Crippen molar-refractivity contribution in [1.29, 1.82) is 0 Å². The van der Waals surface area contributed by atoms with Crippen molar-refractivity contribution in [3.05, 3.63) is 45.3 Å². The third-order valence-corrected chi connectivity index (χ3v) is 4.37. The van der Waals surface area contributed by atoms with Gasteiger partial charge in [0, 0.05) is 25.6 Å². The summed E-state index contributed by atoms with van der Waals surface area (Å²) in [5.41, 5.74) is 2.33. The molecule has 104 valence electrons. The molecule has 0 bridgehead atoms. The van der Waals surface area contributed by atoms with Gasteiger partial charge in [-0.2, -0.15) is 0 Å². The molecule has 0 saturated carbocycles. The summed E-state index contributed by atoms with van der Waals surface area (Å²) in [4.78, 5) is 0. The third kappa shape index (κ3) is 2.62. The van der Waals surface area contributed by atoms with Gasteiger partial charge in [0.05, 0.1) is 17.6 Å². The van der Waals surface area contributed by atoms with Crippen LogP contribution in [0, 0.1) is 0 Å². The maximum atomic E-state index is 5.67. The highest BCUT2D eigenvalue weighted by atomic mass is 79.9. The van der Waals surface area contributed by atoms with Crippen LogP contribution in [0.15, 0.2) is 45.3 Å². The Bertz CT molecular complexity index is 710. The Morgan fingerprint density at radius 1 is 0.950 bits per heavy atom. The molecule has 1 aromatic heterocycles. The monoisotopic (exact) mass is 415 g/mol. The van der Waals surface area contributed by atoms with E-state index in [1.807, 2.05) is 12.1 Å². The molecule has 0 amide bonds. The van der Waals surface area contributed by atoms with Crippen molar-refractivity contribution < 1.29 is 4.74 Å². The average Bonchev–Trinajstić information content (AvgIpc) is 2.72. The largest absolute Gasteiger partial charge is 0.360 e. The fourth-order valence-electron chi connectivity index (χ4n) is 2.40. The predicted octanol–water partition coefficient (Wildman–Crippen LogP) is 5.53. The Balaban J connectivity index is 2.23. The number of ether oxygens (including phenoxy) is 1. The van der Waals surface area contributed by atoms with Crippen molar-refractivity contribution in [2.75, 3.05) is 12.5 Å². The minimum atomic E-state index is 0.508. The minimum absolute atomic E-state index is 0.508. The van der Waals surface area contributed by atoms with Gasteiger partial charge < -0.3 is 9.30 Å². The van der Waals surface area contributed by atoms with E-state index < -0.39 is 0 Å². The number of benzene rings is 2. The van der Waals surface area contributed by atoms with Crippen LogP contribution in [0.3, 0.4) is 0 Å². The van der Waals surface area contributed by atoms with Gasteiger partial charge in [0.1, 0.15) is 6.73 Å². The molecule has 1 heterocycles. The highest BCUT2D eigenvalue weighted by Crippen LogP contribution is 2.32. The number of rotatable bonds is 4. The SMILES string of the molecule is ClCCOCn1c2ccc(Br)cc2c2cc(Br)ccc21. The van der Waals surface area contributed by atoms with Crippen LogP contribution >= 0.6 is 43.5 Å². The molecule has 0 radical (unpaired) electrons. The first-order chi connectivity index (χ1) is 9.70. The molecule has 20 heavy (non-hydrogen) atoms. The number of halogens is 3. The van der Waals surface area contributed by atoms with Crippen molar-refractivity contribution in [2.24, 2.45) is 0 Å².